The van der Waals surface area contributed by atoms with Crippen molar-refractivity contribution < 1.29 is 13.3 Å². The highest BCUT2D eigenvalue weighted by molar-refractivity contribution is 7.89. The van der Waals surface area contributed by atoms with Crippen LogP contribution in [-0.4, -0.2) is 36.8 Å². The van der Waals surface area contributed by atoms with E-state index in [1.165, 1.54) is 16.4 Å². The van der Waals surface area contributed by atoms with Crippen LogP contribution in [0.5, 0.6) is 0 Å². The van der Waals surface area contributed by atoms with Crippen LogP contribution in [0.25, 0.3) is 0 Å². The van der Waals surface area contributed by atoms with Crippen LogP contribution in [-0.2, 0) is 10.0 Å². The summed E-state index contributed by atoms with van der Waals surface area (Å²) in [5, 5.41) is 10.9. The van der Waals surface area contributed by atoms with Crippen LogP contribution in [0.3, 0.4) is 0 Å². The molecule has 1 aliphatic heterocycles. The molecule has 24 heavy (non-hydrogen) atoms. The van der Waals surface area contributed by atoms with E-state index in [9.17, 15) is 18.5 Å². The van der Waals surface area contributed by atoms with Crippen molar-refractivity contribution in [2.45, 2.75) is 37.6 Å². The quantitative estimate of drug-likeness (QED) is 0.642. The summed E-state index contributed by atoms with van der Waals surface area (Å²) < 4.78 is 27.5. The van der Waals surface area contributed by atoms with Gasteiger partial charge in [0.1, 0.15) is 0 Å². The van der Waals surface area contributed by atoms with Crippen LogP contribution in [0, 0.1) is 35.8 Å². The van der Waals surface area contributed by atoms with E-state index in [1.54, 1.807) is 13.8 Å². The third-order valence-corrected chi connectivity index (χ3v) is 7.27. The molecule has 3 unspecified atom stereocenters. The van der Waals surface area contributed by atoms with E-state index in [0.717, 1.165) is 12.8 Å². The number of aryl methyl sites for hydroxylation is 2. The van der Waals surface area contributed by atoms with Crippen LogP contribution in [0.15, 0.2) is 17.0 Å². The average molecular weight is 376 g/mol. The molecule has 0 radical (unpaired) electrons. The van der Waals surface area contributed by atoms with Gasteiger partial charge in [-0.3, -0.25) is 10.1 Å². The summed E-state index contributed by atoms with van der Waals surface area (Å²) in [6, 6.07) is 2.71. The Bertz CT molecular complexity index is 745. The minimum absolute atomic E-state index is 0. The van der Waals surface area contributed by atoms with Gasteiger partial charge in [0.15, 0.2) is 0 Å². The number of benzene rings is 1. The van der Waals surface area contributed by atoms with Crippen LogP contribution in [0.4, 0.5) is 5.69 Å². The fourth-order valence-electron chi connectivity index (χ4n) is 4.03. The van der Waals surface area contributed by atoms with Crippen molar-refractivity contribution >= 4 is 28.1 Å². The van der Waals surface area contributed by atoms with Gasteiger partial charge in [0.25, 0.3) is 5.69 Å². The number of nitrogens with two attached hydrogens (primary N) is 1. The first-order valence-corrected chi connectivity index (χ1v) is 9.17. The number of hydrogen-bond donors (Lipinski definition) is 1. The Kier molecular flexibility index (Phi) is 5.25. The highest BCUT2D eigenvalue weighted by Gasteiger charge is 2.45. The lowest BCUT2D eigenvalue weighted by Crippen LogP contribution is -2.34. The second-order valence-corrected chi connectivity index (χ2v) is 8.53. The summed E-state index contributed by atoms with van der Waals surface area (Å²) in [7, 11) is -3.65. The predicted molar refractivity (Wildman–Crippen MR) is 92.8 cm³/mol. The van der Waals surface area contributed by atoms with Gasteiger partial charge in [0.2, 0.25) is 10.0 Å². The van der Waals surface area contributed by atoms with E-state index in [1.807, 2.05) is 0 Å². The molecule has 3 atom stereocenters. The Labute approximate surface area is 147 Å². The van der Waals surface area contributed by atoms with Crippen molar-refractivity contribution in [2.24, 2.45) is 17.6 Å². The molecule has 134 valence electrons. The van der Waals surface area contributed by atoms with Crippen molar-refractivity contribution in [3.05, 3.63) is 33.4 Å². The fraction of sp³-hybridized carbons (Fsp3) is 0.600. The summed E-state index contributed by atoms with van der Waals surface area (Å²) in [6.45, 7) is 4.16. The van der Waals surface area contributed by atoms with E-state index in [4.69, 9.17) is 5.73 Å². The lowest BCUT2D eigenvalue weighted by Gasteiger charge is -2.21. The van der Waals surface area contributed by atoms with E-state index in [0.29, 0.717) is 30.1 Å². The highest BCUT2D eigenvalue weighted by atomic mass is 35.5. The third-order valence-electron chi connectivity index (χ3n) is 5.13. The lowest BCUT2D eigenvalue weighted by molar-refractivity contribution is -0.385. The van der Waals surface area contributed by atoms with Gasteiger partial charge < -0.3 is 5.73 Å². The molecule has 2 N–H and O–H groups in total. The molecule has 2 aliphatic rings. The number of nitrogens with zero attached hydrogens (tertiary/aromatic N) is 2. The first-order valence-electron chi connectivity index (χ1n) is 7.73. The molecule has 3 rings (SSSR count). The maximum Gasteiger partial charge on any atom is 0.270 e. The van der Waals surface area contributed by atoms with E-state index >= 15 is 0 Å². The number of non-ortho nitro benzene ring substituents is 1. The van der Waals surface area contributed by atoms with E-state index < -0.39 is 14.9 Å². The number of rotatable bonds is 3. The van der Waals surface area contributed by atoms with Crippen LogP contribution >= 0.6 is 12.4 Å². The monoisotopic (exact) mass is 375 g/mol. The molecular formula is C15H22ClN3O4S. The van der Waals surface area contributed by atoms with E-state index in [-0.39, 0.29) is 34.9 Å². The third kappa shape index (κ3) is 3.03. The van der Waals surface area contributed by atoms with Gasteiger partial charge in [0, 0.05) is 31.3 Å². The average Bonchev–Trinajstić information content (AvgIpc) is 3.00. The van der Waals surface area contributed by atoms with Crippen molar-refractivity contribution in [1.82, 2.24) is 4.31 Å². The topological polar surface area (TPSA) is 107 Å². The Morgan fingerprint density at radius 1 is 1.21 bits per heavy atom. The van der Waals surface area contributed by atoms with Gasteiger partial charge >= 0.3 is 0 Å². The van der Waals surface area contributed by atoms with Gasteiger partial charge in [0.05, 0.1) is 9.82 Å². The maximum atomic E-state index is 13.0. The molecule has 7 nitrogen and oxygen atoms in total. The second kappa shape index (κ2) is 6.59. The normalized spacial score (nSPS) is 26.9. The summed E-state index contributed by atoms with van der Waals surface area (Å²) in [5.74, 6) is 0.557. The van der Waals surface area contributed by atoms with Gasteiger partial charge in [-0.25, -0.2) is 8.42 Å². The molecule has 1 aromatic carbocycles. The van der Waals surface area contributed by atoms with Gasteiger partial charge in [-0.05, 0) is 49.7 Å². The number of fused-ring (bicyclic) bond motifs is 1. The molecule has 0 bridgehead atoms. The van der Waals surface area contributed by atoms with Crippen molar-refractivity contribution in [2.75, 3.05) is 13.1 Å². The molecule has 1 aromatic rings. The molecule has 2 fully saturated rings. The summed E-state index contributed by atoms with van der Waals surface area (Å²) in [5.41, 5.74) is 6.83. The standard InChI is InChI=1S/C15H21N3O4S.ClH/c1-9-5-12(18(19)20)6-10(2)15(9)23(21,22)17-7-11-3-4-14(16)13(11)8-17;/h5-6,11,13-14H,3-4,7-8,16H2,1-2H3;1H. The van der Waals surface area contributed by atoms with Crippen molar-refractivity contribution in [3.8, 4) is 0 Å². The van der Waals surface area contributed by atoms with Gasteiger partial charge in [-0.1, -0.05) is 0 Å². The number of nitro groups is 1. The summed E-state index contributed by atoms with van der Waals surface area (Å²) in [6.07, 6.45) is 1.93. The zero-order valence-electron chi connectivity index (χ0n) is 13.6. The van der Waals surface area contributed by atoms with Gasteiger partial charge in [-0.2, -0.15) is 4.31 Å². The number of hydrogen-bond acceptors (Lipinski definition) is 5. The fourth-order valence-corrected chi connectivity index (χ4v) is 5.98. The smallest absolute Gasteiger partial charge is 0.270 e. The Hall–Kier alpha value is -1.22. The number of nitro benzene ring substituents is 1. The van der Waals surface area contributed by atoms with Gasteiger partial charge in [-0.15, -0.1) is 12.4 Å². The molecular weight excluding hydrogens is 354 g/mol. The molecule has 0 amide bonds. The second-order valence-electron chi connectivity index (χ2n) is 6.65. The molecule has 1 heterocycles. The summed E-state index contributed by atoms with van der Waals surface area (Å²) >= 11 is 0. The Balaban J connectivity index is 0.00000208. The zero-order chi connectivity index (χ0) is 16.9. The molecule has 1 saturated carbocycles. The highest BCUT2D eigenvalue weighted by Crippen LogP contribution is 2.40. The van der Waals surface area contributed by atoms with Crippen molar-refractivity contribution in [1.29, 1.82) is 0 Å². The maximum absolute atomic E-state index is 13.0. The Morgan fingerprint density at radius 2 is 1.79 bits per heavy atom. The molecule has 1 aliphatic carbocycles. The van der Waals surface area contributed by atoms with Crippen LogP contribution < -0.4 is 5.73 Å². The number of halogens is 1. The van der Waals surface area contributed by atoms with Crippen LogP contribution in [0.1, 0.15) is 24.0 Å². The first-order chi connectivity index (χ1) is 10.7. The number of sulfonamides is 1. The molecule has 1 saturated heterocycles. The molecule has 0 aromatic heterocycles. The van der Waals surface area contributed by atoms with Crippen LogP contribution in [0.2, 0.25) is 0 Å². The molecule has 9 heteroatoms. The summed E-state index contributed by atoms with van der Waals surface area (Å²) in [4.78, 5) is 10.6. The zero-order valence-corrected chi connectivity index (χ0v) is 15.3. The Morgan fingerprint density at radius 3 is 2.29 bits per heavy atom. The largest absolute Gasteiger partial charge is 0.327 e. The predicted octanol–water partition coefficient (Wildman–Crippen LogP) is 1.99. The minimum atomic E-state index is -3.65. The minimum Gasteiger partial charge on any atom is -0.327 e. The molecule has 0 spiro atoms. The van der Waals surface area contributed by atoms with E-state index in [2.05, 4.69) is 0 Å². The first kappa shape index (κ1) is 19.1. The van der Waals surface area contributed by atoms with Crippen molar-refractivity contribution in [3.63, 3.8) is 0 Å². The SMILES string of the molecule is Cc1cc([N+](=O)[O-])cc(C)c1S(=O)(=O)N1CC2CCC(N)C2C1.Cl. The lowest BCUT2D eigenvalue weighted by atomic mass is 9.98.